The molecule has 2 fully saturated rings. The summed E-state index contributed by atoms with van der Waals surface area (Å²) in [6.45, 7) is 9.63. The molecule has 7 nitrogen and oxygen atoms in total. The standard InChI is InChI=1S/C41H50O7/c1-24(20-27(42)21-25(2)37(47)48)29-22-32(45)41-18-11-7-10-17-38(3)31(44)16-19-39(4)33(30(43)23-40(29,41)5)34(41)35(46)28(36(38)39)15-14-26-12-8-6-9-13-26/h6,8-9,12-15,21,24,27-29,32,35-36,42,45-46H,11,16-20,22-23H2,1-5H3,(H,47,48)/b15-14+,25-21+/t24-,27+,28-,29-,32+,35-,36-,38-,39-,40-,41+/m1/s1. The van der Waals surface area contributed by atoms with Crippen LogP contribution in [0.1, 0.15) is 91.5 Å². The molecule has 256 valence electrons. The fourth-order valence-electron chi connectivity index (χ4n) is 11.4. The first-order chi connectivity index (χ1) is 22.6. The van der Waals surface area contributed by atoms with Crippen LogP contribution in [0.25, 0.3) is 6.08 Å². The number of aliphatic hydroxyl groups excluding tert-OH is 3. The molecule has 48 heavy (non-hydrogen) atoms. The van der Waals surface area contributed by atoms with E-state index in [1.165, 1.54) is 13.0 Å². The lowest BCUT2D eigenvalue weighted by Gasteiger charge is -2.64. The Balaban J connectivity index is 1.55. The maximum atomic E-state index is 14.8. The van der Waals surface area contributed by atoms with Crippen LogP contribution in [-0.2, 0) is 14.4 Å². The third-order valence-electron chi connectivity index (χ3n) is 13.6. The van der Waals surface area contributed by atoms with Crippen molar-refractivity contribution >= 4 is 23.6 Å². The number of benzene rings is 1. The Labute approximate surface area is 284 Å². The summed E-state index contributed by atoms with van der Waals surface area (Å²) in [6, 6.07) is 9.86. The Kier molecular flexibility index (Phi) is 8.80. The molecule has 5 aliphatic carbocycles. The van der Waals surface area contributed by atoms with Crippen molar-refractivity contribution in [1.29, 1.82) is 0 Å². The minimum Gasteiger partial charge on any atom is -0.478 e. The topological polar surface area (TPSA) is 132 Å². The van der Waals surface area contributed by atoms with Gasteiger partial charge in [-0.15, -0.1) is 11.8 Å². The molecule has 6 rings (SSSR count). The molecule has 1 aromatic rings. The number of Topliss-reactive ketones (excluding diaryl/α,β-unsaturated/α-hetero) is 2. The van der Waals surface area contributed by atoms with Crippen LogP contribution in [0.2, 0.25) is 0 Å². The Bertz CT molecular complexity index is 1660. The summed E-state index contributed by atoms with van der Waals surface area (Å²) in [5.41, 5.74) is -0.980. The van der Waals surface area contributed by atoms with Crippen molar-refractivity contribution in [2.75, 3.05) is 0 Å². The number of carboxylic acid groups (broad SMARTS) is 1. The van der Waals surface area contributed by atoms with Crippen molar-refractivity contribution in [2.24, 2.45) is 45.3 Å². The second-order valence-corrected chi connectivity index (χ2v) is 16.1. The summed E-state index contributed by atoms with van der Waals surface area (Å²) < 4.78 is 0. The van der Waals surface area contributed by atoms with E-state index in [4.69, 9.17) is 0 Å². The van der Waals surface area contributed by atoms with Crippen molar-refractivity contribution in [1.82, 2.24) is 0 Å². The molecule has 5 aliphatic rings. The highest BCUT2D eigenvalue weighted by atomic mass is 16.4. The Morgan fingerprint density at radius 3 is 2.46 bits per heavy atom. The molecule has 1 aromatic carbocycles. The van der Waals surface area contributed by atoms with E-state index in [1.54, 1.807) is 0 Å². The minimum absolute atomic E-state index is 0.0227. The molecule has 0 amide bonds. The molecule has 0 aromatic heterocycles. The molecule has 0 radical (unpaired) electrons. The predicted octanol–water partition coefficient (Wildman–Crippen LogP) is 5.93. The van der Waals surface area contributed by atoms with Crippen LogP contribution >= 0.6 is 0 Å². The fraction of sp³-hybridized carbons (Fsp3) is 0.585. The third-order valence-corrected chi connectivity index (χ3v) is 13.6. The lowest BCUT2D eigenvalue weighted by Crippen LogP contribution is -2.64. The fourth-order valence-corrected chi connectivity index (χ4v) is 11.4. The molecule has 1 spiro atoms. The number of carbonyl (C=O) groups is 3. The first kappa shape index (κ1) is 34.5. The zero-order chi connectivity index (χ0) is 34.8. The summed E-state index contributed by atoms with van der Waals surface area (Å²) >= 11 is 0. The molecule has 6 bridgehead atoms. The lowest BCUT2D eigenvalue weighted by atomic mass is 9.39. The van der Waals surface area contributed by atoms with Gasteiger partial charge in [-0.2, -0.15) is 0 Å². The molecule has 11 atom stereocenters. The van der Waals surface area contributed by atoms with Gasteiger partial charge in [0.05, 0.1) is 18.3 Å². The Hall–Kier alpha value is -3.31. The average molecular weight is 655 g/mol. The van der Waals surface area contributed by atoms with Crippen molar-refractivity contribution in [3.8, 4) is 11.8 Å². The van der Waals surface area contributed by atoms with E-state index < -0.39 is 51.9 Å². The van der Waals surface area contributed by atoms with Crippen molar-refractivity contribution in [3.63, 3.8) is 0 Å². The number of carboxylic acids is 1. The van der Waals surface area contributed by atoms with E-state index in [2.05, 4.69) is 25.7 Å². The lowest BCUT2D eigenvalue weighted by molar-refractivity contribution is -0.153. The molecule has 0 aliphatic heterocycles. The van der Waals surface area contributed by atoms with E-state index in [9.17, 15) is 34.8 Å². The maximum Gasteiger partial charge on any atom is 0.331 e. The average Bonchev–Trinajstić information content (AvgIpc) is 3.24. The smallest absolute Gasteiger partial charge is 0.331 e. The minimum atomic E-state index is -1.10. The Morgan fingerprint density at radius 1 is 1.06 bits per heavy atom. The van der Waals surface area contributed by atoms with Crippen LogP contribution in [0, 0.1) is 57.2 Å². The predicted molar refractivity (Wildman–Crippen MR) is 183 cm³/mol. The second kappa shape index (κ2) is 12.2. The molecular formula is C41H50O7. The first-order valence-corrected chi connectivity index (χ1v) is 17.6. The molecule has 4 N–H and O–H groups in total. The number of hydrogen-bond donors (Lipinski definition) is 4. The number of rotatable bonds is 7. The molecule has 7 heteroatoms. The highest BCUT2D eigenvalue weighted by Gasteiger charge is 2.73. The van der Waals surface area contributed by atoms with Crippen LogP contribution in [0.4, 0.5) is 0 Å². The van der Waals surface area contributed by atoms with Gasteiger partial charge in [-0.3, -0.25) is 9.59 Å². The van der Waals surface area contributed by atoms with Gasteiger partial charge in [0.1, 0.15) is 5.78 Å². The van der Waals surface area contributed by atoms with Gasteiger partial charge < -0.3 is 20.4 Å². The second-order valence-electron chi connectivity index (χ2n) is 16.1. The maximum absolute atomic E-state index is 14.8. The first-order valence-electron chi connectivity index (χ1n) is 17.6. The zero-order valence-corrected chi connectivity index (χ0v) is 28.8. The monoisotopic (exact) mass is 654 g/mol. The molecule has 0 saturated heterocycles. The van der Waals surface area contributed by atoms with Gasteiger partial charge in [-0.1, -0.05) is 70.2 Å². The van der Waals surface area contributed by atoms with Gasteiger partial charge in [0.25, 0.3) is 0 Å². The molecule has 2 saturated carbocycles. The summed E-state index contributed by atoms with van der Waals surface area (Å²) in [5, 5.41) is 45.5. The van der Waals surface area contributed by atoms with Gasteiger partial charge in [0, 0.05) is 59.0 Å². The van der Waals surface area contributed by atoms with Crippen LogP contribution in [0.15, 0.2) is 59.2 Å². The van der Waals surface area contributed by atoms with E-state index in [0.29, 0.717) is 49.7 Å². The number of ketones is 2. The number of allylic oxidation sites excluding steroid dienone is 1. The van der Waals surface area contributed by atoms with Gasteiger partial charge in [-0.05, 0) is 73.0 Å². The van der Waals surface area contributed by atoms with Gasteiger partial charge in [0.2, 0.25) is 0 Å². The highest BCUT2D eigenvalue weighted by molar-refractivity contribution is 6.01. The van der Waals surface area contributed by atoms with Crippen molar-refractivity contribution in [3.05, 3.63) is 64.8 Å². The summed E-state index contributed by atoms with van der Waals surface area (Å²) in [6.07, 6.45) is 5.37. The molecule has 0 heterocycles. The third kappa shape index (κ3) is 5.01. The van der Waals surface area contributed by atoms with Crippen LogP contribution in [-0.4, -0.2) is 56.3 Å². The quantitative estimate of drug-likeness (QED) is 0.212. The van der Waals surface area contributed by atoms with Gasteiger partial charge >= 0.3 is 5.97 Å². The van der Waals surface area contributed by atoms with E-state index in [-0.39, 0.29) is 47.7 Å². The summed E-state index contributed by atoms with van der Waals surface area (Å²) in [4.78, 5) is 40.2. The van der Waals surface area contributed by atoms with E-state index in [1.807, 2.05) is 56.3 Å². The molecule has 0 unspecified atom stereocenters. The van der Waals surface area contributed by atoms with Crippen LogP contribution in [0.3, 0.4) is 0 Å². The molecular weight excluding hydrogens is 604 g/mol. The van der Waals surface area contributed by atoms with Crippen molar-refractivity contribution < 1.29 is 34.8 Å². The largest absolute Gasteiger partial charge is 0.478 e. The summed E-state index contributed by atoms with van der Waals surface area (Å²) in [5.74, 6) is 4.49. The van der Waals surface area contributed by atoms with Crippen LogP contribution < -0.4 is 0 Å². The van der Waals surface area contributed by atoms with Gasteiger partial charge in [-0.25, -0.2) is 4.79 Å². The summed E-state index contributed by atoms with van der Waals surface area (Å²) in [7, 11) is 0. The van der Waals surface area contributed by atoms with E-state index in [0.717, 1.165) is 5.56 Å². The highest BCUT2D eigenvalue weighted by Crippen LogP contribution is 2.74. The number of aliphatic carboxylic acids is 1. The number of carbonyl (C=O) groups excluding carboxylic acids is 2. The van der Waals surface area contributed by atoms with E-state index >= 15 is 0 Å². The van der Waals surface area contributed by atoms with Gasteiger partial charge in [0.15, 0.2) is 5.78 Å². The SMILES string of the molecule is C/C(=C\[C@@H](O)C[C@@H](C)[C@H]1C[C@H](O)[C@@]23CCC#CC[C@]4(C)C(=O)CC[C@]5(C)C(=C2[C@H](O)[C@@H](/C=C/c2ccccc2)[C@H]45)C(=O)C[C@]13C)C(=O)O. The Morgan fingerprint density at radius 2 is 1.77 bits per heavy atom. The number of hydrogen-bond acceptors (Lipinski definition) is 6. The van der Waals surface area contributed by atoms with Crippen molar-refractivity contribution in [2.45, 2.75) is 104 Å². The zero-order valence-electron chi connectivity index (χ0n) is 28.8. The van der Waals surface area contributed by atoms with Crippen LogP contribution in [0.5, 0.6) is 0 Å². The normalized spacial score (nSPS) is 40.6. The number of aliphatic hydroxyl groups is 3.